The first-order valence-electron chi connectivity index (χ1n) is 4.93. The Morgan fingerprint density at radius 2 is 2.12 bits per heavy atom. The van der Waals surface area contributed by atoms with E-state index in [4.69, 9.17) is 9.15 Å². The predicted octanol–water partition coefficient (Wildman–Crippen LogP) is 2.54. The van der Waals surface area contributed by atoms with Crippen molar-refractivity contribution in [3.63, 3.8) is 0 Å². The maximum absolute atomic E-state index is 11.3. The third-order valence-electron chi connectivity index (χ3n) is 1.58. The lowest BCUT2D eigenvalue weighted by Gasteiger charge is -2.17. The molecule has 0 atom stereocenters. The summed E-state index contributed by atoms with van der Waals surface area (Å²) in [6.07, 6.45) is 2.48. The molecule has 0 bridgehead atoms. The second-order valence-corrected chi connectivity index (χ2v) is 4.30. The van der Waals surface area contributed by atoms with Crippen LogP contribution >= 0.6 is 0 Å². The Kier molecular flexibility index (Phi) is 3.67. The SMILES string of the molecule is CC(C)(C)OC(=O)/C=C\c1ccc([N+](=O)[O-])o1. The van der Waals surface area contributed by atoms with Gasteiger partial charge in [0.1, 0.15) is 16.3 Å². The van der Waals surface area contributed by atoms with Crippen molar-refractivity contribution in [2.24, 2.45) is 0 Å². The van der Waals surface area contributed by atoms with Crippen LogP contribution in [-0.2, 0) is 9.53 Å². The van der Waals surface area contributed by atoms with E-state index in [1.807, 2.05) is 0 Å². The Morgan fingerprint density at radius 1 is 1.47 bits per heavy atom. The van der Waals surface area contributed by atoms with Crippen LogP contribution in [0.15, 0.2) is 22.6 Å². The summed E-state index contributed by atoms with van der Waals surface area (Å²) in [4.78, 5) is 21.0. The molecule has 0 radical (unpaired) electrons. The van der Waals surface area contributed by atoms with E-state index in [9.17, 15) is 14.9 Å². The Hall–Kier alpha value is -2.11. The number of hydrogen-bond acceptors (Lipinski definition) is 5. The van der Waals surface area contributed by atoms with E-state index >= 15 is 0 Å². The molecule has 0 fully saturated rings. The van der Waals surface area contributed by atoms with Crippen LogP contribution in [0.3, 0.4) is 0 Å². The fourth-order valence-electron chi connectivity index (χ4n) is 1.02. The molecular weight excluding hydrogens is 226 g/mol. The number of esters is 1. The maximum atomic E-state index is 11.3. The third kappa shape index (κ3) is 4.50. The fourth-order valence-corrected chi connectivity index (χ4v) is 1.02. The number of furan rings is 1. The molecule has 92 valence electrons. The van der Waals surface area contributed by atoms with Crippen LogP contribution in [0, 0.1) is 10.1 Å². The van der Waals surface area contributed by atoms with Crippen molar-refractivity contribution in [1.29, 1.82) is 0 Å². The molecule has 0 aliphatic heterocycles. The molecule has 0 aliphatic carbocycles. The van der Waals surface area contributed by atoms with Gasteiger partial charge >= 0.3 is 11.9 Å². The van der Waals surface area contributed by atoms with Gasteiger partial charge in [0.15, 0.2) is 0 Å². The highest BCUT2D eigenvalue weighted by molar-refractivity contribution is 5.86. The number of rotatable bonds is 3. The molecule has 0 saturated carbocycles. The minimum Gasteiger partial charge on any atom is -0.457 e. The molecular formula is C11H13NO5. The number of nitrogens with zero attached hydrogens (tertiary/aromatic N) is 1. The summed E-state index contributed by atoms with van der Waals surface area (Å²) < 4.78 is 9.84. The first-order valence-corrected chi connectivity index (χ1v) is 4.93. The van der Waals surface area contributed by atoms with Crippen LogP contribution in [0.2, 0.25) is 0 Å². The first kappa shape index (κ1) is 13.0. The van der Waals surface area contributed by atoms with Crippen molar-refractivity contribution < 1.29 is 18.9 Å². The smallest absolute Gasteiger partial charge is 0.433 e. The molecule has 0 aromatic carbocycles. The monoisotopic (exact) mass is 239 g/mol. The lowest BCUT2D eigenvalue weighted by Crippen LogP contribution is -2.22. The zero-order chi connectivity index (χ0) is 13.1. The second-order valence-electron chi connectivity index (χ2n) is 4.30. The Labute approximate surface area is 98.0 Å². The third-order valence-corrected chi connectivity index (χ3v) is 1.58. The van der Waals surface area contributed by atoms with E-state index in [0.717, 1.165) is 6.08 Å². The van der Waals surface area contributed by atoms with Gasteiger partial charge in [0.2, 0.25) is 0 Å². The molecule has 0 unspecified atom stereocenters. The molecule has 1 aromatic heterocycles. The Bertz CT molecular complexity index is 453. The minimum atomic E-state index is -0.648. The molecule has 6 heteroatoms. The average Bonchev–Trinajstić information content (AvgIpc) is 2.60. The van der Waals surface area contributed by atoms with Crippen molar-refractivity contribution in [3.05, 3.63) is 34.1 Å². The lowest BCUT2D eigenvalue weighted by molar-refractivity contribution is -0.402. The van der Waals surface area contributed by atoms with Crippen molar-refractivity contribution in [1.82, 2.24) is 0 Å². The van der Waals surface area contributed by atoms with Crippen LogP contribution in [-0.4, -0.2) is 16.5 Å². The summed E-state index contributed by atoms with van der Waals surface area (Å²) in [7, 11) is 0. The van der Waals surface area contributed by atoms with Gasteiger partial charge in [-0.15, -0.1) is 0 Å². The van der Waals surface area contributed by atoms with E-state index in [1.54, 1.807) is 20.8 Å². The highest BCUT2D eigenvalue weighted by Crippen LogP contribution is 2.17. The van der Waals surface area contributed by atoms with E-state index in [2.05, 4.69) is 0 Å². The molecule has 1 rings (SSSR count). The Balaban J connectivity index is 2.64. The normalized spacial score (nSPS) is 11.7. The van der Waals surface area contributed by atoms with Gasteiger partial charge in [0, 0.05) is 6.08 Å². The van der Waals surface area contributed by atoms with E-state index in [1.165, 1.54) is 18.2 Å². The van der Waals surface area contributed by atoms with Gasteiger partial charge in [0.25, 0.3) is 0 Å². The van der Waals surface area contributed by atoms with Gasteiger partial charge in [-0.05, 0) is 32.9 Å². The van der Waals surface area contributed by atoms with Crippen molar-refractivity contribution in [3.8, 4) is 0 Å². The maximum Gasteiger partial charge on any atom is 0.433 e. The number of nitro groups is 1. The highest BCUT2D eigenvalue weighted by Gasteiger charge is 2.14. The van der Waals surface area contributed by atoms with Crippen LogP contribution in [0.25, 0.3) is 6.08 Å². The van der Waals surface area contributed by atoms with Crippen LogP contribution < -0.4 is 0 Å². The molecule has 1 aromatic rings. The predicted molar refractivity (Wildman–Crippen MR) is 60.2 cm³/mol. The zero-order valence-corrected chi connectivity index (χ0v) is 9.80. The number of carbonyl (C=O) groups excluding carboxylic acids is 1. The van der Waals surface area contributed by atoms with Gasteiger partial charge in [0.05, 0.1) is 6.07 Å². The topological polar surface area (TPSA) is 82.6 Å². The summed E-state index contributed by atoms with van der Waals surface area (Å²) in [6.45, 7) is 5.24. The summed E-state index contributed by atoms with van der Waals surface area (Å²) in [5.41, 5.74) is -0.573. The zero-order valence-electron chi connectivity index (χ0n) is 9.80. The molecule has 17 heavy (non-hydrogen) atoms. The molecule has 1 heterocycles. The van der Waals surface area contributed by atoms with Crippen LogP contribution in [0.1, 0.15) is 26.5 Å². The van der Waals surface area contributed by atoms with E-state index < -0.39 is 16.5 Å². The summed E-state index contributed by atoms with van der Waals surface area (Å²) in [5.74, 6) is -0.673. The summed E-state index contributed by atoms with van der Waals surface area (Å²) >= 11 is 0. The second kappa shape index (κ2) is 4.82. The fraction of sp³-hybridized carbons (Fsp3) is 0.364. The van der Waals surface area contributed by atoms with Crippen molar-refractivity contribution in [2.75, 3.05) is 0 Å². The standard InChI is InChI=1S/C11H13NO5/c1-11(2,3)17-10(13)7-5-8-4-6-9(16-8)12(14)15/h4-7H,1-3H3/b7-5-. The number of carbonyl (C=O) groups is 1. The largest absolute Gasteiger partial charge is 0.457 e. The van der Waals surface area contributed by atoms with Gasteiger partial charge in [-0.3, -0.25) is 10.1 Å². The minimum absolute atomic E-state index is 0.225. The summed E-state index contributed by atoms with van der Waals surface area (Å²) in [5, 5.41) is 10.3. The van der Waals surface area contributed by atoms with Gasteiger partial charge < -0.3 is 9.15 Å². The van der Waals surface area contributed by atoms with Crippen molar-refractivity contribution >= 4 is 17.9 Å². The van der Waals surface area contributed by atoms with E-state index in [0.29, 0.717) is 0 Å². The molecule has 0 aliphatic rings. The number of hydrogen-bond donors (Lipinski definition) is 0. The van der Waals surface area contributed by atoms with Crippen LogP contribution in [0.4, 0.5) is 5.88 Å². The highest BCUT2D eigenvalue weighted by atomic mass is 16.6. The lowest BCUT2D eigenvalue weighted by atomic mass is 10.2. The molecule has 0 spiro atoms. The number of ether oxygens (including phenoxy) is 1. The molecule has 0 saturated heterocycles. The molecule has 6 nitrogen and oxygen atoms in total. The van der Waals surface area contributed by atoms with Gasteiger partial charge in [-0.25, -0.2) is 4.79 Å². The summed E-state index contributed by atoms with van der Waals surface area (Å²) in [6, 6.07) is 2.62. The average molecular weight is 239 g/mol. The Morgan fingerprint density at radius 3 is 2.59 bits per heavy atom. The van der Waals surface area contributed by atoms with Gasteiger partial charge in [-0.2, -0.15) is 0 Å². The quantitative estimate of drug-likeness (QED) is 0.350. The first-order chi connectivity index (χ1) is 7.78. The van der Waals surface area contributed by atoms with Crippen LogP contribution in [0.5, 0.6) is 0 Å². The van der Waals surface area contributed by atoms with E-state index in [-0.39, 0.29) is 11.6 Å². The van der Waals surface area contributed by atoms with Crippen molar-refractivity contribution in [2.45, 2.75) is 26.4 Å². The van der Waals surface area contributed by atoms with Gasteiger partial charge in [-0.1, -0.05) is 0 Å². The molecule has 0 N–H and O–H groups in total. The molecule has 0 amide bonds.